The predicted molar refractivity (Wildman–Crippen MR) is 96.8 cm³/mol. The van der Waals surface area contributed by atoms with Crippen molar-refractivity contribution >= 4 is 0 Å². The van der Waals surface area contributed by atoms with E-state index in [-0.39, 0.29) is 0 Å². The number of hydrogen-bond donors (Lipinski definition) is 1. The molecule has 1 N–H and O–H groups in total. The fraction of sp³-hybridized carbons (Fsp3) is 0.250. The van der Waals surface area contributed by atoms with E-state index in [4.69, 9.17) is 9.84 Å². The standard InChI is InChI=1S/C20H23N3O/c1-24-13-12-21-14-19-16-23(15-17-8-4-2-5-9-17)22-20(19)18-10-6-3-7-11-18/h2-11,16,21H,12-15H2,1H3. The van der Waals surface area contributed by atoms with Crippen molar-refractivity contribution in [1.82, 2.24) is 15.1 Å². The zero-order valence-electron chi connectivity index (χ0n) is 14.0. The third kappa shape index (κ3) is 4.31. The number of hydrogen-bond acceptors (Lipinski definition) is 3. The Bertz CT molecular complexity index is 738. The summed E-state index contributed by atoms with van der Waals surface area (Å²) in [7, 11) is 1.72. The first-order valence-corrected chi connectivity index (χ1v) is 8.22. The van der Waals surface area contributed by atoms with E-state index in [1.54, 1.807) is 7.11 Å². The van der Waals surface area contributed by atoms with Crippen LogP contribution in [-0.2, 0) is 17.8 Å². The molecular weight excluding hydrogens is 298 g/mol. The fourth-order valence-corrected chi connectivity index (χ4v) is 2.68. The third-order valence-electron chi connectivity index (χ3n) is 3.87. The van der Waals surface area contributed by atoms with E-state index >= 15 is 0 Å². The minimum atomic E-state index is 0.707. The first-order chi connectivity index (χ1) is 11.9. The lowest BCUT2D eigenvalue weighted by Crippen LogP contribution is -2.18. The summed E-state index contributed by atoms with van der Waals surface area (Å²) < 4.78 is 7.11. The highest BCUT2D eigenvalue weighted by molar-refractivity contribution is 5.62. The topological polar surface area (TPSA) is 39.1 Å². The molecule has 0 aliphatic rings. The van der Waals surface area contributed by atoms with Crippen molar-refractivity contribution in [2.24, 2.45) is 0 Å². The Labute approximate surface area is 143 Å². The van der Waals surface area contributed by atoms with Gasteiger partial charge >= 0.3 is 0 Å². The lowest BCUT2D eigenvalue weighted by molar-refractivity contribution is 0.199. The Morgan fingerprint density at radius 2 is 1.71 bits per heavy atom. The average Bonchev–Trinajstić information content (AvgIpc) is 3.03. The van der Waals surface area contributed by atoms with E-state index in [0.29, 0.717) is 6.61 Å². The SMILES string of the molecule is COCCNCc1cn(Cc2ccccc2)nc1-c1ccccc1. The van der Waals surface area contributed by atoms with Crippen LogP contribution in [0.5, 0.6) is 0 Å². The van der Waals surface area contributed by atoms with Crippen molar-refractivity contribution in [2.45, 2.75) is 13.1 Å². The fourth-order valence-electron chi connectivity index (χ4n) is 2.68. The maximum atomic E-state index is 5.10. The Hall–Kier alpha value is -2.43. The molecule has 3 rings (SSSR count). The Balaban J connectivity index is 1.82. The molecule has 24 heavy (non-hydrogen) atoms. The highest BCUT2D eigenvalue weighted by Crippen LogP contribution is 2.22. The number of aromatic nitrogens is 2. The van der Waals surface area contributed by atoms with Crippen LogP contribution >= 0.6 is 0 Å². The smallest absolute Gasteiger partial charge is 0.0968 e. The largest absolute Gasteiger partial charge is 0.383 e. The summed E-state index contributed by atoms with van der Waals surface area (Å²) in [5.41, 5.74) is 4.64. The summed E-state index contributed by atoms with van der Waals surface area (Å²) in [6.45, 7) is 3.09. The van der Waals surface area contributed by atoms with Crippen LogP contribution in [0.2, 0.25) is 0 Å². The number of nitrogens with one attached hydrogen (secondary N) is 1. The molecule has 0 fully saturated rings. The van der Waals surface area contributed by atoms with Crippen molar-refractivity contribution in [2.75, 3.05) is 20.3 Å². The second-order valence-electron chi connectivity index (χ2n) is 5.72. The first-order valence-electron chi connectivity index (χ1n) is 8.22. The van der Waals surface area contributed by atoms with Crippen molar-refractivity contribution in [1.29, 1.82) is 0 Å². The van der Waals surface area contributed by atoms with E-state index in [9.17, 15) is 0 Å². The van der Waals surface area contributed by atoms with Gasteiger partial charge in [-0.25, -0.2) is 0 Å². The summed E-state index contributed by atoms with van der Waals surface area (Å²) in [5.74, 6) is 0. The highest BCUT2D eigenvalue weighted by Gasteiger charge is 2.11. The Morgan fingerprint density at radius 1 is 1.00 bits per heavy atom. The summed E-state index contributed by atoms with van der Waals surface area (Å²) in [6, 6.07) is 20.7. The number of nitrogens with zero attached hydrogens (tertiary/aromatic N) is 2. The summed E-state index contributed by atoms with van der Waals surface area (Å²) >= 11 is 0. The molecule has 2 aromatic carbocycles. The molecule has 0 amide bonds. The lowest BCUT2D eigenvalue weighted by Gasteiger charge is -2.04. The molecule has 4 nitrogen and oxygen atoms in total. The van der Waals surface area contributed by atoms with Gasteiger partial charge in [0, 0.05) is 37.5 Å². The van der Waals surface area contributed by atoms with Gasteiger partial charge < -0.3 is 10.1 Å². The highest BCUT2D eigenvalue weighted by atomic mass is 16.5. The molecule has 0 unspecified atom stereocenters. The van der Waals surface area contributed by atoms with Gasteiger partial charge in [-0.3, -0.25) is 4.68 Å². The molecule has 1 heterocycles. The van der Waals surface area contributed by atoms with Crippen molar-refractivity contribution in [3.8, 4) is 11.3 Å². The number of ether oxygens (including phenoxy) is 1. The predicted octanol–water partition coefficient (Wildman–Crippen LogP) is 3.33. The van der Waals surface area contributed by atoms with Crippen LogP contribution in [0.1, 0.15) is 11.1 Å². The van der Waals surface area contributed by atoms with Crippen LogP contribution in [-0.4, -0.2) is 30.0 Å². The summed E-state index contributed by atoms with van der Waals surface area (Å²) in [5, 5.41) is 8.23. The zero-order valence-corrected chi connectivity index (χ0v) is 14.0. The molecule has 1 aromatic heterocycles. The van der Waals surface area contributed by atoms with Gasteiger partial charge in [0.05, 0.1) is 18.8 Å². The van der Waals surface area contributed by atoms with Crippen LogP contribution in [0.25, 0.3) is 11.3 Å². The van der Waals surface area contributed by atoms with Crippen molar-refractivity contribution in [3.63, 3.8) is 0 Å². The molecule has 0 bridgehead atoms. The minimum Gasteiger partial charge on any atom is -0.383 e. The molecule has 0 aliphatic heterocycles. The van der Waals surface area contributed by atoms with Crippen molar-refractivity contribution in [3.05, 3.63) is 78.0 Å². The molecule has 0 atom stereocenters. The number of rotatable bonds is 8. The van der Waals surface area contributed by atoms with Gasteiger partial charge in [-0.1, -0.05) is 60.7 Å². The van der Waals surface area contributed by atoms with Gasteiger partial charge in [0.1, 0.15) is 0 Å². The minimum absolute atomic E-state index is 0.707. The molecule has 0 spiro atoms. The van der Waals surface area contributed by atoms with Gasteiger partial charge in [0.2, 0.25) is 0 Å². The molecule has 124 valence electrons. The normalized spacial score (nSPS) is 10.9. The maximum absolute atomic E-state index is 5.10. The van der Waals surface area contributed by atoms with Gasteiger partial charge in [0.25, 0.3) is 0 Å². The summed E-state index contributed by atoms with van der Waals surface area (Å²) in [4.78, 5) is 0. The number of benzene rings is 2. The van der Waals surface area contributed by atoms with E-state index < -0.39 is 0 Å². The first kappa shape index (κ1) is 16.4. The van der Waals surface area contributed by atoms with E-state index in [2.05, 4.69) is 47.9 Å². The lowest BCUT2D eigenvalue weighted by atomic mass is 10.1. The number of methoxy groups -OCH3 is 1. The monoisotopic (exact) mass is 321 g/mol. The molecule has 0 aliphatic carbocycles. The van der Waals surface area contributed by atoms with E-state index in [1.165, 1.54) is 11.1 Å². The third-order valence-corrected chi connectivity index (χ3v) is 3.87. The Kier molecular flexibility index (Phi) is 5.77. The van der Waals surface area contributed by atoms with Crippen LogP contribution in [0.3, 0.4) is 0 Å². The molecular formula is C20H23N3O. The average molecular weight is 321 g/mol. The van der Waals surface area contributed by atoms with Gasteiger partial charge in [-0.2, -0.15) is 5.10 Å². The zero-order chi connectivity index (χ0) is 16.6. The van der Waals surface area contributed by atoms with Crippen molar-refractivity contribution < 1.29 is 4.74 Å². The molecule has 0 radical (unpaired) electrons. The van der Waals surface area contributed by atoms with Crippen LogP contribution in [0.4, 0.5) is 0 Å². The quantitative estimate of drug-likeness (QED) is 0.647. The second-order valence-corrected chi connectivity index (χ2v) is 5.72. The van der Waals surface area contributed by atoms with Gasteiger partial charge in [-0.15, -0.1) is 0 Å². The molecule has 0 saturated carbocycles. The second kappa shape index (κ2) is 8.43. The van der Waals surface area contributed by atoms with Gasteiger partial charge in [-0.05, 0) is 5.56 Å². The summed E-state index contributed by atoms with van der Waals surface area (Å²) in [6.07, 6.45) is 2.13. The molecule has 3 aromatic rings. The van der Waals surface area contributed by atoms with E-state index in [1.807, 2.05) is 28.9 Å². The Morgan fingerprint density at radius 3 is 2.42 bits per heavy atom. The van der Waals surface area contributed by atoms with Crippen LogP contribution < -0.4 is 5.32 Å². The molecule has 0 saturated heterocycles. The van der Waals surface area contributed by atoms with Gasteiger partial charge in [0.15, 0.2) is 0 Å². The molecule has 4 heteroatoms. The maximum Gasteiger partial charge on any atom is 0.0968 e. The van der Waals surface area contributed by atoms with E-state index in [0.717, 1.165) is 30.9 Å². The van der Waals surface area contributed by atoms with Crippen LogP contribution in [0, 0.1) is 0 Å². The van der Waals surface area contributed by atoms with Crippen LogP contribution in [0.15, 0.2) is 66.9 Å².